The van der Waals surface area contributed by atoms with Crippen molar-refractivity contribution in [2.75, 3.05) is 12.0 Å². The molecular formula is C15H11Br2F3N2O3S. The van der Waals surface area contributed by atoms with Crippen molar-refractivity contribution in [1.82, 2.24) is 4.72 Å². The van der Waals surface area contributed by atoms with Gasteiger partial charge in [0.2, 0.25) is 10.0 Å². The number of halogens is 5. The number of anilines is 1. The molecule has 0 radical (unpaired) electrons. The van der Waals surface area contributed by atoms with E-state index in [2.05, 4.69) is 37.2 Å². The van der Waals surface area contributed by atoms with Crippen LogP contribution in [-0.2, 0) is 10.0 Å². The molecule has 26 heavy (non-hydrogen) atoms. The lowest BCUT2D eigenvalue weighted by atomic mass is 10.2. The molecule has 0 atom stereocenters. The first-order valence-electron chi connectivity index (χ1n) is 6.88. The first-order chi connectivity index (χ1) is 12.0. The van der Waals surface area contributed by atoms with Crippen molar-refractivity contribution in [2.45, 2.75) is 10.9 Å². The van der Waals surface area contributed by atoms with Crippen LogP contribution in [0.2, 0.25) is 0 Å². The normalized spacial score (nSPS) is 12.0. The molecule has 0 heterocycles. The highest BCUT2D eigenvalue weighted by Gasteiger charge is 2.36. The van der Waals surface area contributed by atoms with E-state index in [9.17, 15) is 26.4 Å². The zero-order valence-corrected chi connectivity index (χ0v) is 16.8. The number of carbonyl (C=O) groups excluding carboxylic acids is 1. The maximum absolute atomic E-state index is 13.2. The Labute approximate surface area is 164 Å². The summed E-state index contributed by atoms with van der Waals surface area (Å²) < 4.78 is 65.0. The van der Waals surface area contributed by atoms with E-state index in [0.717, 1.165) is 21.3 Å². The second-order valence-electron chi connectivity index (χ2n) is 5.05. The van der Waals surface area contributed by atoms with E-state index in [1.807, 2.05) is 0 Å². The Hall–Kier alpha value is -1.43. The van der Waals surface area contributed by atoms with Crippen molar-refractivity contribution in [3.63, 3.8) is 0 Å². The Morgan fingerprint density at radius 2 is 1.62 bits per heavy atom. The summed E-state index contributed by atoms with van der Waals surface area (Å²) in [5, 5.41) is 2.47. The number of alkyl halides is 3. The fourth-order valence-corrected chi connectivity index (χ4v) is 3.80. The van der Waals surface area contributed by atoms with E-state index < -0.39 is 33.5 Å². The van der Waals surface area contributed by atoms with Gasteiger partial charge in [0.15, 0.2) is 6.67 Å². The van der Waals surface area contributed by atoms with E-state index >= 15 is 0 Å². The van der Waals surface area contributed by atoms with Crippen molar-refractivity contribution >= 4 is 53.5 Å². The molecule has 0 aromatic heterocycles. The Bertz CT molecular complexity index is 922. The van der Waals surface area contributed by atoms with Crippen molar-refractivity contribution in [3.8, 4) is 0 Å². The molecule has 1 amide bonds. The third kappa shape index (κ3) is 5.29. The Morgan fingerprint density at radius 1 is 1.04 bits per heavy atom. The largest absolute Gasteiger partial charge is 0.343 e. The predicted octanol–water partition coefficient (Wildman–Crippen LogP) is 4.30. The van der Waals surface area contributed by atoms with Crippen LogP contribution in [0.1, 0.15) is 10.4 Å². The van der Waals surface area contributed by atoms with Crippen LogP contribution in [0.3, 0.4) is 0 Å². The van der Waals surface area contributed by atoms with Gasteiger partial charge in [-0.25, -0.2) is 12.8 Å². The SMILES string of the molecule is O=C(Nc1ccc(Br)cc1)c1cc(Br)ccc1S(=O)(=O)NC(F)(F)CF. The highest BCUT2D eigenvalue weighted by Crippen LogP contribution is 2.25. The first kappa shape index (κ1) is 20.9. The summed E-state index contributed by atoms with van der Waals surface area (Å²) in [6.07, 6.45) is 0. The topological polar surface area (TPSA) is 75.3 Å². The third-order valence-electron chi connectivity index (χ3n) is 3.03. The van der Waals surface area contributed by atoms with Crippen molar-refractivity contribution in [1.29, 1.82) is 0 Å². The average Bonchev–Trinajstić information content (AvgIpc) is 2.55. The zero-order chi connectivity index (χ0) is 19.5. The van der Waals surface area contributed by atoms with Gasteiger partial charge in [-0.3, -0.25) is 4.79 Å². The minimum absolute atomic E-state index is 0.356. The summed E-state index contributed by atoms with van der Waals surface area (Å²) >= 11 is 6.32. The lowest BCUT2D eigenvalue weighted by molar-refractivity contribution is -0.0330. The van der Waals surface area contributed by atoms with Gasteiger partial charge >= 0.3 is 6.05 Å². The van der Waals surface area contributed by atoms with Crippen molar-refractivity contribution < 1.29 is 26.4 Å². The lowest BCUT2D eigenvalue weighted by Gasteiger charge is -2.16. The highest BCUT2D eigenvalue weighted by atomic mass is 79.9. The molecule has 0 aliphatic rings. The van der Waals surface area contributed by atoms with Gasteiger partial charge in [-0.05, 0) is 42.5 Å². The summed E-state index contributed by atoms with van der Waals surface area (Å²) in [6, 6.07) is 5.53. The van der Waals surface area contributed by atoms with Crippen LogP contribution in [0.25, 0.3) is 0 Å². The molecule has 11 heteroatoms. The van der Waals surface area contributed by atoms with Crippen LogP contribution in [0, 0.1) is 0 Å². The predicted molar refractivity (Wildman–Crippen MR) is 97.5 cm³/mol. The number of benzene rings is 2. The summed E-state index contributed by atoms with van der Waals surface area (Å²) in [5.74, 6) is -0.836. The van der Waals surface area contributed by atoms with Crippen LogP contribution < -0.4 is 10.0 Å². The zero-order valence-electron chi connectivity index (χ0n) is 12.8. The number of sulfonamides is 1. The van der Waals surface area contributed by atoms with Crippen molar-refractivity contribution in [3.05, 3.63) is 57.0 Å². The van der Waals surface area contributed by atoms with Gasteiger partial charge in [-0.2, -0.15) is 8.78 Å². The fraction of sp³-hybridized carbons (Fsp3) is 0.133. The minimum atomic E-state index is -4.85. The smallest absolute Gasteiger partial charge is 0.322 e. The molecule has 0 saturated heterocycles. The molecule has 0 saturated carbocycles. The summed E-state index contributed by atoms with van der Waals surface area (Å²) in [7, 11) is -4.85. The first-order valence-corrected chi connectivity index (χ1v) is 9.95. The summed E-state index contributed by atoms with van der Waals surface area (Å²) in [4.78, 5) is 11.8. The number of hydrogen-bond acceptors (Lipinski definition) is 3. The van der Waals surface area contributed by atoms with Crippen LogP contribution in [0.5, 0.6) is 0 Å². The number of hydrogen-bond donors (Lipinski definition) is 2. The summed E-state index contributed by atoms with van der Waals surface area (Å²) in [6.45, 7) is -2.22. The molecule has 0 bridgehead atoms. The molecule has 0 fully saturated rings. The van der Waals surface area contributed by atoms with E-state index in [-0.39, 0.29) is 5.56 Å². The van der Waals surface area contributed by atoms with E-state index in [1.54, 1.807) is 24.3 Å². The maximum atomic E-state index is 13.2. The molecule has 0 unspecified atom stereocenters. The van der Waals surface area contributed by atoms with Gasteiger partial charge in [0.1, 0.15) is 0 Å². The average molecular weight is 516 g/mol. The molecule has 140 valence electrons. The second-order valence-corrected chi connectivity index (χ2v) is 8.53. The Balaban J connectivity index is 2.41. The number of amides is 1. The molecule has 2 N–H and O–H groups in total. The minimum Gasteiger partial charge on any atom is -0.322 e. The van der Waals surface area contributed by atoms with Gasteiger partial charge in [-0.15, -0.1) is 4.72 Å². The van der Waals surface area contributed by atoms with Gasteiger partial charge in [0, 0.05) is 14.6 Å². The summed E-state index contributed by atoms with van der Waals surface area (Å²) in [5.41, 5.74) is -0.0203. The second kappa shape index (κ2) is 8.07. The molecular weight excluding hydrogens is 505 g/mol. The quantitative estimate of drug-likeness (QED) is 0.563. The van der Waals surface area contributed by atoms with Gasteiger partial charge in [0.05, 0.1) is 10.5 Å². The molecule has 5 nitrogen and oxygen atoms in total. The van der Waals surface area contributed by atoms with Gasteiger partial charge in [-0.1, -0.05) is 31.9 Å². The van der Waals surface area contributed by atoms with Gasteiger partial charge < -0.3 is 5.32 Å². The molecule has 2 rings (SSSR count). The molecule has 2 aromatic carbocycles. The molecule has 0 aliphatic heterocycles. The number of nitrogens with one attached hydrogen (secondary N) is 2. The van der Waals surface area contributed by atoms with Crippen LogP contribution in [0.4, 0.5) is 18.9 Å². The monoisotopic (exact) mass is 514 g/mol. The molecule has 2 aromatic rings. The fourth-order valence-electron chi connectivity index (χ4n) is 1.92. The van der Waals surface area contributed by atoms with Crippen LogP contribution in [0.15, 0.2) is 56.3 Å². The number of rotatable bonds is 6. The van der Waals surface area contributed by atoms with E-state index in [4.69, 9.17) is 0 Å². The Morgan fingerprint density at radius 3 is 2.19 bits per heavy atom. The standard InChI is InChI=1S/C15H11Br2F3N2O3S/c16-9-1-4-11(5-2-9)21-14(23)12-7-10(17)3-6-13(12)26(24,25)22-15(19,20)8-18/h1-7,22H,8H2,(H,21,23). The Kier molecular flexibility index (Phi) is 6.48. The van der Waals surface area contributed by atoms with Gasteiger partial charge in [0.25, 0.3) is 5.91 Å². The molecule has 0 aliphatic carbocycles. The molecule has 0 spiro atoms. The third-order valence-corrected chi connectivity index (χ3v) is 5.55. The lowest BCUT2D eigenvalue weighted by Crippen LogP contribution is -2.43. The van der Waals surface area contributed by atoms with Crippen LogP contribution >= 0.6 is 31.9 Å². The van der Waals surface area contributed by atoms with Crippen molar-refractivity contribution in [2.24, 2.45) is 0 Å². The highest BCUT2D eigenvalue weighted by molar-refractivity contribution is 9.10. The van der Waals surface area contributed by atoms with Crippen LogP contribution in [-0.4, -0.2) is 27.0 Å². The van der Waals surface area contributed by atoms with E-state index in [0.29, 0.717) is 10.2 Å². The van der Waals surface area contributed by atoms with E-state index in [1.165, 1.54) is 6.07 Å². The number of carbonyl (C=O) groups is 1. The maximum Gasteiger partial charge on any atom is 0.343 e.